The summed E-state index contributed by atoms with van der Waals surface area (Å²) >= 11 is 0. The van der Waals surface area contributed by atoms with Gasteiger partial charge in [0.15, 0.2) is 0 Å². The Morgan fingerprint density at radius 1 is 1.18 bits per heavy atom. The average molecular weight is 390 g/mol. The summed E-state index contributed by atoms with van der Waals surface area (Å²) in [7, 11) is 0. The lowest BCUT2D eigenvalue weighted by Gasteiger charge is -2.24. The van der Waals surface area contributed by atoms with E-state index >= 15 is 0 Å². The van der Waals surface area contributed by atoms with Crippen LogP contribution in [0.4, 0.5) is 15.3 Å². The molecule has 0 bridgehead atoms. The van der Waals surface area contributed by atoms with Crippen molar-refractivity contribution < 1.29 is 24.0 Å². The van der Waals surface area contributed by atoms with Crippen molar-refractivity contribution in [1.29, 1.82) is 0 Å². The van der Waals surface area contributed by atoms with E-state index in [1.54, 1.807) is 39.8 Å². The summed E-state index contributed by atoms with van der Waals surface area (Å²) in [5, 5.41) is 12.5. The van der Waals surface area contributed by atoms with Gasteiger partial charge in [0.2, 0.25) is 0 Å². The van der Waals surface area contributed by atoms with E-state index in [2.05, 4.69) is 10.4 Å². The van der Waals surface area contributed by atoms with Gasteiger partial charge in [-0.15, -0.1) is 0 Å². The van der Waals surface area contributed by atoms with Crippen LogP contribution < -0.4 is 5.43 Å². The van der Waals surface area contributed by atoms with Gasteiger partial charge in [-0.05, 0) is 45.9 Å². The Morgan fingerprint density at radius 2 is 1.86 bits per heavy atom. The van der Waals surface area contributed by atoms with E-state index in [1.165, 1.54) is 18.3 Å². The van der Waals surface area contributed by atoms with Gasteiger partial charge in [-0.3, -0.25) is 15.1 Å². The SMILES string of the molecule is CC(C)OC(=O)NN(Cc1ccc([N+](=O)[O-])c2cccnc12)C(=O)OC(C)C. The minimum Gasteiger partial charge on any atom is -0.446 e. The largest absolute Gasteiger partial charge is 0.446 e. The molecule has 0 radical (unpaired) electrons. The van der Waals surface area contributed by atoms with E-state index in [1.807, 2.05) is 0 Å². The van der Waals surface area contributed by atoms with Crippen molar-refractivity contribution in [2.24, 2.45) is 0 Å². The van der Waals surface area contributed by atoms with Crippen LogP contribution in [0.25, 0.3) is 10.9 Å². The number of non-ortho nitro benzene ring substituents is 1. The summed E-state index contributed by atoms with van der Waals surface area (Å²) in [5.74, 6) is 0. The minimum absolute atomic E-state index is 0.102. The zero-order valence-corrected chi connectivity index (χ0v) is 16.0. The third kappa shape index (κ3) is 5.29. The van der Waals surface area contributed by atoms with Gasteiger partial charge < -0.3 is 9.47 Å². The lowest BCUT2D eigenvalue weighted by atomic mass is 10.1. The summed E-state index contributed by atoms with van der Waals surface area (Å²) in [5.41, 5.74) is 3.08. The zero-order chi connectivity index (χ0) is 20.8. The van der Waals surface area contributed by atoms with Crippen LogP contribution in [0.1, 0.15) is 33.3 Å². The molecule has 0 saturated carbocycles. The second-order valence-electron chi connectivity index (χ2n) is 6.49. The molecule has 2 rings (SSSR count). The van der Waals surface area contributed by atoms with E-state index in [4.69, 9.17) is 9.47 Å². The first-order valence-electron chi connectivity index (χ1n) is 8.65. The molecular formula is C18H22N4O6. The molecule has 1 aromatic carbocycles. The minimum atomic E-state index is -0.824. The number of nitrogens with zero attached hydrogens (tertiary/aromatic N) is 3. The van der Waals surface area contributed by atoms with E-state index in [0.29, 0.717) is 16.5 Å². The standard InChI is InChI=1S/C18H22N4O6/c1-11(2)27-17(23)20-21(18(24)28-12(3)4)10-13-7-8-15(22(25)26)14-6-5-9-19-16(13)14/h5-9,11-12H,10H2,1-4H3,(H,20,23). The van der Waals surface area contributed by atoms with E-state index in [9.17, 15) is 19.7 Å². The number of pyridine rings is 1. The highest BCUT2D eigenvalue weighted by Gasteiger charge is 2.23. The number of amides is 2. The normalized spacial score (nSPS) is 10.8. The van der Waals surface area contributed by atoms with Crippen LogP contribution in [-0.4, -0.2) is 39.3 Å². The molecule has 28 heavy (non-hydrogen) atoms. The molecule has 0 aliphatic heterocycles. The van der Waals surface area contributed by atoms with Gasteiger partial charge >= 0.3 is 12.2 Å². The Morgan fingerprint density at radius 3 is 2.46 bits per heavy atom. The molecule has 150 valence electrons. The van der Waals surface area contributed by atoms with Gasteiger partial charge in [0.1, 0.15) is 0 Å². The monoisotopic (exact) mass is 390 g/mol. The third-order valence-electron chi connectivity index (χ3n) is 3.48. The number of benzene rings is 1. The topological polar surface area (TPSA) is 124 Å². The Balaban J connectivity index is 2.37. The molecule has 0 atom stereocenters. The number of fused-ring (bicyclic) bond motifs is 1. The summed E-state index contributed by atoms with van der Waals surface area (Å²) in [4.78, 5) is 39.3. The number of carbonyl (C=O) groups is 2. The average Bonchev–Trinajstić information content (AvgIpc) is 2.59. The molecular weight excluding hydrogens is 368 g/mol. The quantitative estimate of drug-likeness (QED) is 0.611. The number of hydrogen-bond acceptors (Lipinski definition) is 7. The molecule has 0 saturated heterocycles. The van der Waals surface area contributed by atoms with E-state index in [0.717, 1.165) is 5.01 Å². The van der Waals surface area contributed by atoms with Gasteiger partial charge in [0, 0.05) is 17.8 Å². The summed E-state index contributed by atoms with van der Waals surface area (Å²) < 4.78 is 10.2. The highest BCUT2D eigenvalue weighted by molar-refractivity contribution is 5.90. The molecule has 0 spiro atoms. The van der Waals surface area contributed by atoms with Crippen molar-refractivity contribution in [3.63, 3.8) is 0 Å². The van der Waals surface area contributed by atoms with Crippen molar-refractivity contribution in [2.75, 3.05) is 0 Å². The maximum atomic E-state index is 12.4. The Labute approximate surface area is 161 Å². The number of hydrazine groups is 1. The number of nitrogens with one attached hydrogen (secondary N) is 1. The molecule has 1 aromatic heterocycles. The van der Waals surface area contributed by atoms with Crippen molar-refractivity contribution in [3.05, 3.63) is 46.1 Å². The number of ether oxygens (including phenoxy) is 2. The maximum absolute atomic E-state index is 12.4. The van der Waals surface area contributed by atoms with Crippen LogP contribution in [-0.2, 0) is 16.0 Å². The fourth-order valence-electron chi connectivity index (χ4n) is 2.44. The summed E-state index contributed by atoms with van der Waals surface area (Å²) in [6.07, 6.45) is -0.921. The van der Waals surface area contributed by atoms with Crippen LogP contribution in [0.5, 0.6) is 0 Å². The van der Waals surface area contributed by atoms with Gasteiger partial charge in [0.05, 0.1) is 34.6 Å². The number of rotatable bonds is 5. The van der Waals surface area contributed by atoms with Crippen LogP contribution in [0.3, 0.4) is 0 Å². The van der Waals surface area contributed by atoms with Gasteiger partial charge in [-0.1, -0.05) is 0 Å². The smallest absolute Gasteiger partial charge is 0.429 e. The van der Waals surface area contributed by atoms with Gasteiger partial charge in [-0.2, -0.15) is 0 Å². The van der Waals surface area contributed by atoms with Crippen LogP contribution in [0.15, 0.2) is 30.5 Å². The van der Waals surface area contributed by atoms with E-state index in [-0.39, 0.29) is 18.3 Å². The second kappa shape index (κ2) is 8.98. The number of nitro groups is 1. The zero-order valence-electron chi connectivity index (χ0n) is 16.0. The molecule has 1 N–H and O–H groups in total. The molecule has 10 heteroatoms. The van der Waals surface area contributed by atoms with Crippen LogP contribution >= 0.6 is 0 Å². The second-order valence-corrected chi connectivity index (χ2v) is 6.49. The number of hydrogen-bond donors (Lipinski definition) is 1. The predicted molar refractivity (Wildman–Crippen MR) is 100 cm³/mol. The number of nitro benzene ring substituents is 1. The van der Waals surface area contributed by atoms with Crippen LogP contribution in [0, 0.1) is 10.1 Å². The summed E-state index contributed by atoms with van der Waals surface area (Å²) in [6.45, 7) is 6.56. The Kier molecular flexibility index (Phi) is 6.69. The molecule has 0 fully saturated rings. The molecule has 2 amide bonds. The number of carbonyl (C=O) groups excluding carboxylic acids is 2. The van der Waals surface area contributed by atoms with E-state index < -0.39 is 23.2 Å². The Hall–Kier alpha value is -3.43. The molecule has 2 aromatic rings. The number of aromatic nitrogens is 1. The fraction of sp³-hybridized carbons (Fsp3) is 0.389. The molecule has 1 heterocycles. The molecule has 10 nitrogen and oxygen atoms in total. The lowest BCUT2D eigenvalue weighted by molar-refractivity contribution is -0.383. The lowest BCUT2D eigenvalue weighted by Crippen LogP contribution is -2.47. The van der Waals surface area contributed by atoms with Gasteiger partial charge in [0.25, 0.3) is 5.69 Å². The molecule has 0 unspecified atom stereocenters. The van der Waals surface area contributed by atoms with Crippen molar-refractivity contribution >= 4 is 28.8 Å². The first-order chi connectivity index (χ1) is 13.2. The highest BCUT2D eigenvalue weighted by atomic mass is 16.6. The highest BCUT2D eigenvalue weighted by Crippen LogP contribution is 2.27. The first kappa shape index (κ1) is 20.9. The van der Waals surface area contributed by atoms with Crippen molar-refractivity contribution in [1.82, 2.24) is 15.4 Å². The van der Waals surface area contributed by atoms with Crippen molar-refractivity contribution in [3.8, 4) is 0 Å². The van der Waals surface area contributed by atoms with Crippen molar-refractivity contribution in [2.45, 2.75) is 46.4 Å². The first-order valence-corrected chi connectivity index (χ1v) is 8.65. The van der Waals surface area contributed by atoms with Crippen LogP contribution in [0.2, 0.25) is 0 Å². The summed E-state index contributed by atoms with van der Waals surface area (Å²) in [6, 6.07) is 5.97. The molecule has 0 aliphatic rings. The maximum Gasteiger partial charge on any atom is 0.429 e. The third-order valence-corrected chi connectivity index (χ3v) is 3.48. The predicted octanol–water partition coefficient (Wildman–Crippen LogP) is 3.54. The molecule has 0 aliphatic carbocycles. The van der Waals surface area contributed by atoms with Gasteiger partial charge in [-0.25, -0.2) is 20.0 Å². The fourth-order valence-corrected chi connectivity index (χ4v) is 2.44. The Bertz CT molecular complexity index is 884.